The van der Waals surface area contributed by atoms with Gasteiger partial charge in [0.25, 0.3) is 0 Å². The predicted octanol–water partition coefficient (Wildman–Crippen LogP) is 17.0. The third-order valence-electron chi connectivity index (χ3n) is 10.9. The first kappa shape index (κ1) is 58.9. The fourth-order valence-corrected chi connectivity index (χ4v) is 6.93. The Labute approximate surface area is 382 Å². The van der Waals surface area contributed by atoms with Gasteiger partial charge in [-0.25, -0.2) is 0 Å². The number of allylic oxidation sites excluding steroid dienone is 12. The van der Waals surface area contributed by atoms with Crippen LogP contribution < -0.4 is 0 Å². The molecule has 0 aliphatic heterocycles. The number of carbonyl (C=O) groups excluding carboxylic acids is 3. The van der Waals surface area contributed by atoms with Gasteiger partial charge in [-0.1, -0.05) is 190 Å². The molecule has 0 rings (SSSR count). The molecule has 62 heavy (non-hydrogen) atoms. The monoisotopic (exact) mass is 865 g/mol. The highest BCUT2D eigenvalue weighted by Crippen LogP contribution is 2.13. The molecule has 0 amide bonds. The van der Waals surface area contributed by atoms with E-state index in [4.69, 9.17) is 14.2 Å². The van der Waals surface area contributed by atoms with E-state index in [-0.39, 0.29) is 31.1 Å². The molecule has 0 fully saturated rings. The largest absolute Gasteiger partial charge is 0.462 e. The zero-order chi connectivity index (χ0) is 45.1. The molecule has 6 heteroatoms. The van der Waals surface area contributed by atoms with Gasteiger partial charge in [0.2, 0.25) is 0 Å². The summed E-state index contributed by atoms with van der Waals surface area (Å²) in [5.74, 6) is -0.958. The maximum absolute atomic E-state index is 12.8. The second kappa shape index (κ2) is 50.5. The molecule has 0 N–H and O–H groups in total. The van der Waals surface area contributed by atoms with Gasteiger partial charge >= 0.3 is 17.9 Å². The number of unbranched alkanes of at least 4 members (excludes halogenated alkanes) is 23. The summed E-state index contributed by atoms with van der Waals surface area (Å²) in [5, 5.41) is 0. The van der Waals surface area contributed by atoms with Gasteiger partial charge in [-0.15, -0.1) is 0 Å². The molecule has 0 radical (unpaired) electrons. The maximum atomic E-state index is 12.8. The average molecular weight is 865 g/mol. The van der Waals surface area contributed by atoms with Crippen molar-refractivity contribution >= 4 is 17.9 Å². The number of hydrogen-bond acceptors (Lipinski definition) is 6. The minimum Gasteiger partial charge on any atom is -0.462 e. The summed E-state index contributed by atoms with van der Waals surface area (Å²) in [5.41, 5.74) is 0. The Balaban J connectivity index is 4.48. The molecule has 1 atom stereocenters. The maximum Gasteiger partial charge on any atom is 0.306 e. The third kappa shape index (κ3) is 47.9. The molecule has 0 unspecified atom stereocenters. The number of esters is 3. The van der Waals surface area contributed by atoms with Gasteiger partial charge in [0, 0.05) is 19.3 Å². The highest BCUT2D eigenvalue weighted by molar-refractivity contribution is 5.71. The van der Waals surface area contributed by atoms with Gasteiger partial charge in [-0.05, 0) is 109 Å². The fourth-order valence-electron chi connectivity index (χ4n) is 6.93. The molecule has 0 saturated heterocycles. The second-order valence-electron chi connectivity index (χ2n) is 17.1. The number of ether oxygens (including phenoxy) is 3. The zero-order valence-electron chi connectivity index (χ0n) is 40.6. The first-order chi connectivity index (χ1) is 30.5. The number of carbonyl (C=O) groups is 3. The van der Waals surface area contributed by atoms with Crippen LogP contribution in [0.5, 0.6) is 0 Å². The molecule has 0 aliphatic carbocycles. The van der Waals surface area contributed by atoms with E-state index in [0.717, 1.165) is 109 Å². The van der Waals surface area contributed by atoms with Gasteiger partial charge < -0.3 is 14.2 Å². The normalized spacial score (nSPS) is 12.6. The Bertz CT molecular complexity index is 1180. The van der Waals surface area contributed by atoms with Gasteiger partial charge in [0.1, 0.15) is 13.2 Å². The first-order valence-electron chi connectivity index (χ1n) is 25.9. The van der Waals surface area contributed by atoms with Crippen LogP contribution in [0.2, 0.25) is 0 Å². The van der Waals surface area contributed by atoms with Gasteiger partial charge in [0.05, 0.1) is 0 Å². The van der Waals surface area contributed by atoms with Crippen molar-refractivity contribution in [1.82, 2.24) is 0 Å². The molecule has 0 bridgehead atoms. The van der Waals surface area contributed by atoms with Crippen molar-refractivity contribution in [1.29, 1.82) is 0 Å². The Morgan fingerprint density at radius 2 is 0.597 bits per heavy atom. The minimum atomic E-state index is -0.800. The molecule has 0 spiro atoms. The van der Waals surface area contributed by atoms with Gasteiger partial charge in [-0.2, -0.15) is 0 Å². The lowest BCUT2D eigenvalue weighted by Gasteiger charge is -2.18. The topological polar surface area (TPSA) is 78.9 Å². The summed E-state index contributed by atoms with van der Waals surface area (Å²) < 4.78 is 16.7. The highest BCUT2D eigenvalue weighted by atomic mass is 16.6. The fraction of sp³-hybridized carbons (Fsp3) is 0.732. The Morgan fingerprint density at radius 1 is 0.323 bits per heavy atom. The molecular formula is C56H96O6. The Hall–Kier alpha value is -3.15. The molecule has 6 nitrogen and oxygen atoms in total. The molecule has 0 heterocycles. The van der Waals surface area contributed by atoms with Crippen LogP contribution in [0, 0.1) is 0 Å². The summed E-state index contributed by atoms with van der Waals surface area (Å²) >= 11 is 0. The first-order valence-corrected chi connectivity index (χ1v) is 25.9. The van der Waals surface area contributed by atoms with E-state index in [9.17, 15) is 14.4 Å². The standard InChI is InChI=1S/C56H96O6/c1-4-7-10-13-16-19-22-25-28-31-34-37-40-43-46-49-55(58)61-52-53(51-60-54(57)48-45-42-39-36-33-30-27-24-21-18-15-12-9-6-3)62-56(59)50-47-44-41-38-35-32-29-26-23-20-17-14-11-8-5-2/h15-16,18-19,24-29,34,37,53H,4-14,17,20-23,30-33,35-36,38-52H2,1-3H3/b18-15-,19-16-,27-24-,28-25-,29-26-,37-34-/t53-/m1/s1. The van der Waals surface area contributed by atoms with Crippen LogP contribution in [0.3, 0.4) is 0 Å². The smallest absolute Gasteiger partial charge is 0.306 e. The van der Waals surface area contributed by atoms with E-state index in [2.05, 4.69) is 93.7 Å². The number of hydrogen-bond donors (Lipinski definition) is 0. The van der Waals surface area contributed by atoms with Crippen molar-refractivity contribution in [2.75, 3.05) is 13.2 Å². The molecule has 0 saturated carbocycles. The van der Waals surface area contributed by atoms with E-state index in [1.54, 1.807) is 0 Å². The summed E-state index contributed by atoms with van der Waals surface area (Å²) in [6.45, 7) is 6.51. The van der Waals surface area contributed by atoms with Crippen LogP contribution in [0.1, 0.15) is 245 Å². The molecule has 0 aromatic rings. The van der Waals surface area contributed by atoms with Crippen molar-refractivity contribution < 1.29 is 28.6 Å². The van der Waals surface area contributed by atoms with Gasteiger partial charge in [-0.3, -0.25) is 14.4 Å². The van der Waals surface area contributed by atoms with E-state index in [0.29, 0.717) is 19.3 Å². The quantitative estimate of drug-likeness (QED) is 0.0262. The Morgan fingerprint density at radius 3 is 1.03 bits per heavy atom. The average Bonchev–Trinajstić information content (AvgIpc) is 3.27. The lowest BCUT2D eigenvalue weighted by molar-refractivity contribution is -0.167. The van der Waals surface area contributed by atoms with E-state index in [1.807, 2.05) is 0 Å². The van der Waals surface area contributed by atoms with Crippen LogP contribution in [0.25, 0.3) is 0 Å². The van der Waals surface area contributed by atoms with Crippen molar-refractivity contribution in [3.63, 3.8) is 0 Å². The Kier molecular flexibility index (Phi) is 47.9. The summed E-state index contributed by atoms with van der Waals surface area (Å²) in [6, 6.07) is 0. The van der Waals surface area contributed by atoms with E-state index < -0.39 is 6.10 Å². The molecule has 0 aromatic heterocycles. The minimum absolute atomic E-state index is 0.0984. The van der Waals surface area contributed by atoms with E-state index >= 15 is 0 Å². The SMILES string of the molecule is CCCC/C=C\C/C=C\CCCCCCCC(=O)OC[C@H](COC(=O)CCCC/C=C\C/C=C\C/C=C\CCCCC)OC(=O)CCCCCCC/C=C\CCCCCCCC. The van der Waals surface area contributed by atoms with E-state index in [1.165, 1.54) is 96.3 Å². The van der Waals surface area contributed by atoms with Crippen LogP contribution in [0.15, 0.2) is 72.9 Å². The number of rotatable bonds is 46. The van der Waals surface area contributed by atoms with Crippen molar-refractivity contribution in [3.8, 4) is 0 Å². The second-order valence-corrected chi connectivity index (χ2v) is 17.1. The lowest BCUT2D eigenvalue weighted by Crippen LogP contribution is -2.30. The highest BCUT2D eigenvalue weighted by Gasteiger charge is 2.19. The summed E-state index contributed by atoms with van der Waals surface area (Å²) in [6.07, 6.45) is 63.1. The van der Waals surface area contributed by atoms with Crippen molar-refractivity contribution in [2.45, 2.75) is 252 Å². The third-order valence-corrected chi connectivity index (χ3v) is 10.9. The molecule has 0 aliphatic rings. The van der Waals surface area contributed by atoms with Crippen molar-refractivity contribution in [2.24, 2.45) is 0 Å². The van der Waals surface area contributed by atoms with Crippen LogP contribution >= 0.6 is 0 Å². The molecular weight excluding hydrogens is 769 g/mol. The summed E-state index contributed by atoms with van der Waals surface area (Å²) in [7, 11) is 0. The summed E-state index contributed by atoms with van der Waals surface area (Å²) in [4.78, 5) is 38.0. The predicted molar refractivity (Wildman–Crippen MR) is 265 cm³/mol. The van der Waals surface area contributed by atoms with Crippen molar-refractivity contribution in [3.05, 3.63) is 72.9 Å². The molecule has 356 valence electrons. The van der Waals surface area contributed by atoms with Gasteiger partial charge in [0.15, 0.2) is 6.10 Å². The van der Waals surface area contributed by atoms with Crippen LogP contribution in [-0.2, 0) is 28.6 Å². The molecule has 0 aromatic carbocycles. The zero-order valence-corrected chi connectivity index (χ0v) is 40.6. The van der Waals surface area contributed by atoms with Crippen LogP contribution in [0.4, 0.5) is 0 Å². The lowest BCUT2D eigenvalue weighted by atomic mass is 10.1. The van der Waals surface area contributed by atoms with Crippen LogP contribution in [-0.4, -0.2) is 37.2 Å².